The van der Waals surface area contributed by atoms with Crippen molar-refractivity contribution in [2.24, 2.45) is 5.92 Å². The third-order valence-corrected chi connectivity index (χ3v) is 4.34. The van der Waals surface area contributed by atoms with Gasteiger partial charge in [-0.25, -0.2) is 0 Å². The molecule has 0 aliphatic carbocycles. The van der Waals surface area contributed by atoms with E-state index in [2.05, 4.69) is 4.98 Å². The molecule has 1 aliphatic heterocycles. The number of carbonyl (C=O) groups is 1. The van der Waals surface area contributed by atoms with Crippen LogP contribution >= 0.6 is 0 Å². The van der Waals surface area contributed by atoms with Gasteiger partial charge in [-0.1, -0.05) is 30.3 Å². The van der Waals surface area contributed by atoms with Crippen molar-refractivity contribution < 1.29 is 9.53 Å². The van der Waals surface area contributed by atoms with Crippen molar-refractivity contribution in [3.63, 3.8) is 0 Å². The predicted molar refractivity (Wildman–Crippen MR) is 90.2 cm³/mol. The first-order valence-electron chi connectivity index (χ1n) is 8.07. The number of nitrogens with zero attached hydrogens (tertiary/aromatic N) is 2. The summed E-state index contributed by atoms with van der Waals surface area (Å²) >= 11 is 0. The highest BCUT2D eigenvalue weighted by Crippen LogP contribution is 2.26. The molecule has 1 saturated heterocycles. The molecule has 2 heterocycles. The molecule has 0 radical (unpaired) electrons. The Balaban J connectivity index is 1.85. The molecule has 0 saturated carbocycles. The van der Waals surface area contributed by atoms with Gasteiger partial charge in [-0.15, -0.1) is 0 Å². The molecule has 4 nitrogen and oxygen atoms in total. The second-order valence-electron chi connectivity index (χ2n) is 6.00. The fourth-order valence-corrected chi connectivity index (χ4v) is 3.23. The fraction of sp³-hybridized carbons (Fsp3) is 0.368. The minimum absolute atomic E-state index is 0.0674. The molecule has 1 amide bonds. The SMILES string of the molecule is COCC1CCCN(C(=O)c2cnccc2-c2ccccc2)C1. The van der Waals surface area contributed by atoms with E-state index < -0.39 is 0 Å². The Labute approximate surface area is 137 Å². The van der Waals surface area contributed by atoms with E-state index in [1.165, 1.54) is 0 Å². The van der Waals surface area contributed by atoms with Crippen LogP contribution in [0.2, 0.25) is 0 Å². The van der Waals surface area contributed by atoms with Crippen LogP contribution in [-0.4, -0.2) is 42.6 Å². The van der Waals surface area contributed by atoms with Crippen molar-refractivity contribution in [2.45, 2.75) is 12.8 Å². The maximum absolute atomic E-state index is 13.0. The number of hydrogen-bond acceptors (Lipinski definition) is 3. The lowest BCUT2D eigenvalue weighted by Crippen LogP contribution is -2.41. The molecule has 1 unspecified atom stereocenters. The zero-order chi connectivity index (χ0) is 16.1. The molecule has 0 spiro atoms. The molecule has 1 fully saturated rings. The number of piperidine rings is 1. The number of hydrogen-bond donors (Lipinski definition) is 0. The monoisotopic (exact) mass is 310 g/mol. The van der Waals surface area contributed by atoms with Gasteiger partial charge >= 0.3 is 0 Å². The van der Waals surface area contributed by atoms with Gasteiger partial charge in [0, 0.05) is 32.6 Å². The summed E-state index contributed by atoms with van der Waals surface area (Å²) in [5, 5.41) is 0. The van der Waals surface area contributed by atoms with E-state index in [0.29, 0.717) is 18.1 Å². The Morgan fingerprint density at radius 3 is 2.91 bits per heavy atom. The second kappa shape index (κ2) is 7.38. The van der Waals surface area contributed by atoms with Gasteiger partial charge in [0.15, 0.2) is 0 Å². The summed E-state index contributed by atoms with van der Waals surface area (Å²) in [6.07, 6.45) is 5.57. The number of pyridine rings is 1. The van der Waals surface area contributed by atoms with Crippen LogP contribution < -0.4 is 0 Å². The van der Waals surface area contributed by atoms with Gasteiger partial charge in [-0.2, -0.15) is 0 Å². The lowest BCUT2D eigenvalue weighted by molar-refractivity contribution is 0.0571. The van der Waals surface area contributed by atoms with E-state index in [-0.39, 0.29) is 5.91 Å². The Hall–Kier alpha value is -2.20. The first-order valence-corrected chi connectivity index (χ1v) is 8.07. The summed E-state index contributed by atoms with van der Waals surface area (Å²) in [6.45, 7) is 2.28. The highest BCUT2D eigenvalue weighted by Gasteiger charge is 2.26. The normalized spacial score (nSPS) is 18.0. The maximum atomic E-state index is 13.0. The number of methoxy groups -OCH3 is 1. The van der Waals surface area contributed by atoms with Crippen molar-refractivity contribution in [3.05, 3.63) is 54.4 Å². The summed E-state index contributed by atoms with van der Waals surface area (Å²) in [7, 11) is 1.72. The molecule has 4 heteroatoms. The Bertz CT molecular complexity index is 655. The molecule has 1 atom stereocenters. The predicted octanol–water partition coefficient (Wildman–Crippen LogP) is 3.25. The van der Waals surface area contributed by atoms with Gasteiger partial charge in [0.25, 0.3) is 5.91 Å². The van der Waals surface area contributed by atoms with Crippen molar-refractivity contribution in [1.82, 2.24) is 9.88 Å². The van der Waals surface area contributed by atoms with Crippen LogP contribution in [0.1, 0.15) is 23.2 Å². The summed E-state index contributed by atoms with van der Waals surface area (Å²) < 4.78 is 5.26. The van der Waals surface area contributed by atoms with Crippen LogP contribution in [0.25, 0.3) is 11.1 Å². The number of amides is 1. The number of carbonyl (C=O) groups excluding carboxylic acids is 1. The number of aromatic nitrogens is 1. The molecule has 1 aromatic heterocycles. The average molecular weight is 310 g/mol. The molecule has 2 aromatic rings. The van der Waals surface area contributed by atoms with Crippen LogP contribution in [0.5, 0.6) is 0 Å². The fourth-order valence-electron chi connectivity index (χ4n) is 3.23. The minimum Gasteiger partial charge on any atom is -0.384 e. The van der Waals surface area contributed by atoms with Crippen LogP contribution in [0.4, 0.5) is 0 Å². The number of ether oxygens (including phenoxy) is 1. The van der Waals surface area contributed by atoms with E-state index in [0.717, 1.165) is 37.1 Å². The van der Waals surface area contributed by atoms with E-state index in [1.54, 1.807) is 19.5 Å². The third-order valence-electron chi connectivity index (χ3n) is 4.34. The van der Waals surface area contributed by atoms with E-state index in [9.17, 15) is 4.79 Å². The van der Waals surface area contributed by atoms with Crippen molar-refractivity contribution in [3.8, 4) is 11.1 Å². The van der Waals surface area contributed by atoms with Gasteiger partial charge in [-0.3, -0.25) is 9.78 Å². The summed E-state index contributed by atoms with van der Waals surface area (Å²) in [4.78, 5) is 19.1. The lowest BCUT2D eigenvalue weighted by atomic mass is 9.96. The Morgan fingerprint density at radius 1 is 1.30 bits per heavy atom. The second-order valence-corrected chi connectivity index (χ2v) is 6.00. The zero-order valence-corrected chi connectivity index (χ0v) is 13.4. The highest BCUT2D eigenvalue weighted by molar-refractivity contribution is 6.00. The minimum atomic E-state index is 0.0674. The smallest absolute Gasteiger partial charge is 0.256 e. The van der Waals surface area contributed by atoms with Crippen LogP contribution in [0.15, 0.2) is 48.8 Å². The lowest BCUT2D eigenvalue weighted by Gasteiger charge is -2.32. The molecular weight excluding hydrogens is 288 g/mol. The topological polar surface area (TPSA) is 42.4 Å². The van der Waals surface area contributed by atoms with Gasteiger partial charge in [0.05, 0.1) is 12.2 Å². The molecule has 0 N–H and O–H groups in total. The number of likely N-dealkylation sites (tertiary alicyclic amines) is 1. The van der Waals surface area contributed by atoms with Crippen molar-refractivity contribution in [2.75, 3.05) is 26.8 Å². The molecule has 0 bridgehead atoms. The molecule has 120 valence electrons. The van der Waals surface area contributed by atoms with Crippen molar-refractivity contribution >= 4 is 5.91 Å². The van der Waals surface area contributed by atoms with Crippen molar-refractivity contribution in [1.29, 1.82) is 0 Å². The quantitative estimate of drug-likeness (QED) is 0.870. The van der Waals surface area contributed by atoms with Gasteiger partial charge < -0.3 is 9.64 Å². The average Bonchev–Trinajstić information content (AvgIpc) is 2.62. The van der Waals surface area contributed by atoms with E-state index in [1.807, 2.05) is 41.3 Å². The standard InChI is InChI=1S/C19H22N2O2/c1-23-14-15-6-5-11-21(13-15)19(22)18-12-20-10-9-17(18)16-7-3-2-4-8-16/h2-4,7-10,12,15H,5-6,11,13-14H2,1H3. The molecule has 23 heavy (non-hydrogen) atoms. The number of rotatable bonds is 4. The van der Waals surface area contributed by atoms with Crippen LogP contribution in [0, 0.1) is 5.92 Å². The Kier molecular flexibility index (Phi) is 5.03. The van der Waals surface area contributed by atoms with Gasteiger partial charge in [-0.05, 0) is 36.0 Å². The zero-order valence-electron chi connectivity index (χ0n) is 13.4. The molecule has 3 rings (SSSR count). The Morgan fingerprint density at radius 2 is 2.13 bits per heavy atom. The van der Waals surface area contributed by atoms with Gasteiger partial charge in [0.2, 0.25) is 0 Å². The van der Waals surface area contributed by atoms with Gasteiger partial charge in [0.1, 0.15) is 0 Å². The molecule has 1 aromatic carbocycles. The van der Waals surface area contributed by atoms with Crippen LogP contribution in [0.3, 0.4) is 0 Å². The van der Waals surface area contributed by atoms with Crippen LogP contribution in [-0.2, 0) is 4.74 Å². The number of benzene rings is 1. The first-order chi connectivity index (χ1) is 11.3. The van der Waals surface area contributed by atoms with E-state index >= 15 is 0 Å². The summed E-state index contributed by atoms with van der Waals surface area (Å²) in [5.41, 5.74) is 2.67. The molecular formula is C19H22N2O2. The highest BCUT2D eigenvalue weighted by atomic mass is 16.5. The molecule has 1 aliphatic rings. The largest absolute Gasteiger partial charge is 0.384 e. The van der Waals surface area contributed by atoms with E-state index in [4.69, 9.17) is 4.74 Å². The summed E-state index contributed by atoms with van der Waals surface area (Å²) in [6, 6.07) is 11.9. The third kappa shape index (κ3) is 3.59. The summed E-state index contributed by atoms with van der Waals surface area (Å²) in [5.74, 6) is 0.493. The first kappa shape index (κ1) is 15.7. The maximum Gasteiger partial charge on any atom is 0.256 e.